The summed E-state index contributed by atoms with van der Waals surface area (Å²) in [5.74, 6) is -0.755. The topological polar surface area (TPSA) is 86.7 Å². The number of anilines is 1. The number of carboxylic acid groups (broad SMARTS) is 1. The van der Waals surface area contributed by atoms with Crippen LogP contribution in [0.3, 0.4) is 0 Å². The monoisotopic (exact) mass is 424 g/mol. The van der Waals surface area contributed by atoms with E-state index in [-0.39, 0.29) is 23.7 Å². The van der Waals surface area contributed by atoms with Crippen LogP contribution in [0.15, 0.2) is 53.4 Å². The molecule has 3 rings (SSSR count). The molecule has 0 atom stereocenters. The summed E-state index contributed by atoms with van der Waals surface area (Å²) in [6.07, 6.45) is 2.50. The standard InChI is InChI=1S/C20H24N2O4S.ClH/c23-20(24)11-4-5-13-22-14-12-18-16(15-22)7-6-10-19(18)21-27(25,26)17-8-2-1-3-9-17;/h1-3,6-10,21H,4-5,11-15H2,(H,23,24);1H. The molecule has 0 amide bonds. The molecule has 0 spiro atoms. The molecule has 0 radical (unpaired) electrons. The van der Waals surface area contributed by atoms with Crippen molar-refractivity contribution < 1.29 is 18.3 Å². The summed E-state index contributed by atoms with van der Waals surface area (Å²) in [6.45, 7) is 2.44. The highest BCUT2D eigenvalue weighted by Crippen LogP contribution is 2.28. The fourth-order valence-corrected chi connectivity index (χ4v) is 4.48. The molecule has 0 aromatic heterocycles. The number of carbonyl (C=O) groups is 1. The summed E-state index contributed by atoms with van der Waals surface area (Å²) >= 11 is 0. The number of fused-ring (bicyclic) bond motifs is 1. The van der Waals surface area contributed by atoms with Gasteiger partial charge in [-0.15, -0.1) is 12.4 Å². The predicted octanol–water partition coefficient (Wildman–Crippen LogP) is 3.52. The number of hydrogen-bond acceptors (Lipinski definition) is 4. The van der Waals surface area contributed by atoms with Crippen LogP contribution in [0.1, 0.15) is 30.4 Å². The Labute approximate surface area is 172 Å². The zero-order chi connectivity index (χ0) is 19.3. The van der Waals surface area contributed by atoms with Gasteiger partial charge in [0.15, 0.2) is 0 Å². The Morgan fingerprint density at radius 1 is 1.07 bits per heavy atom. The molecule has 2 aromatic carbocycles. The van der Waals surface area contributed by atoms with Crippen LogP contribution in [0.25, 0.3) is 0 Å². The first-order valence-corrected chi connectivity index (χ1v) is 10.6. The van der Waals surface area contributed by atoms with Gasteiger partial charge in [0.2, 0.25) is 0 Å². The lowest BCUT2D eigenvalue weighted by Crippen LogP contribution is -2.32. The van der Waals surface area contributed by atoms with Crippen LogP contribution in [0.4, 0.5) is 5.69 Å². The van der Waals surface area contributed by atoms with Crippen molar-refractivity contribution in [2.24, 2.45) is 0 Å². The van der Waals surface area contributed by atoms with Crippen LogP contribution in [0.5, 0.6) is 0 Å². The van der Waals surface area contributed by atoms with Crippen molar-refractivity contribution in [3.05, 3.63) is 59.7 Å². The van der Waals surface area contributed by atoms with Crippen LogP contribution < -0.4 is 4.72 Å². The van der Waals surface area contributed by atoms with Crippen molar-refractivity contribution in [2.45, 2.75) is 37.1 Å². The average Bonchev–Trinajstić information content (AvgIpc) is 2.65. The molecule has 1 aliphatic rings. The van der Waals surface area contributed by atoms with Gasteiger partial charge in [0, 0.05) is 19.5 Å². The number of nitrogens with one attached hydrogen (secondary N) is 1. The third-order valence-electron chi connectivity index (χ3n) is 4.76. The number of halogens is 1. The van der Waals surface area contributed by atoms with Crippen LogP contribution >= 0.6 is 12.4 Å². The number of hydrogen-bond donors (Lipinski definition) is 2. The van der Waals surface area contributed by atoms with E-state index < -0.39 is 16.0 Å². The van der Waals surface area contributed by atoms with Gasteiger partial charge in [0.25, 0.3) is 10.0 Å². The maximum atomic E-state index is 12.6. The lowest BCUT2D eigenvalue weighted by molar-refractivity contribution is -0.137. The second-order valence-corrected chi connectivity index (χ2v) is 8.42. The molecule has 6 nitrogen and oxygen atoms in total. The van der Waals surface area contributed by atoms with Crippen LogP contribution in [0.2, 0.25) is 0 Å². The largest absolute Gasteiger partial charge is 0.481 e. The fraction of sp³-hybridized carbons (Fsp3) is 0.350. The maximum Gasteiger partial charge on any atom is 0.303 e. The predicted molar refractivity (Wildman–Crippen MR) is 111 cm³/mol. The van der Waals surface area contributed by atoms with E-state index in [1.165, 1.54) is 0 Å². The molecule has 152 valence electrons. The second kappa shape index (κ2) is 9.91. The number of sulfonamides is 1. The highest BCUT2D eigenvalue weighted by atomic mass is 35.5. The van der Waals surface area contributed by atoms with Gasteiger partial charge in [-0.25, -0.2) is 8.42 Å². The van der Waals surface area contributed by atoms with Crippen LogP contribution in [-0.2, 0) is 27.8 Å². The van der Waals surface area contributed by atoms with E-state index in [0.717, 1.165) is 43.6 Å². The molecule has 1 aliphatic heterocycles. The summed E-state index contributed by atoms with van der Waals surface area (Å²) in [5.41, 5.74) is 2.80. The van der Waals surface area contributed by atoms with Gasteiger partial charge in [0.1, 0.15) is 0 Å². The zero-order valence-corrected chi connectivity index (χ0v) is 17.1. The number of unbranched alkanes of at least 4 members (excludes halogenated alkanes) is 1. The third kappa shape index (κ3) is 5.70. The molecular weight excluding hydrogens is 400 g/mol. The Morgan fingerprint density at radius 2 is 1.82 bits per heavy atom. The Morgan fingerprint density at radius 3 is 2.54 bits per heavy atom. The third-order valence-corrected chi connectivity index (χ3v) is 6.14. The van der Waals surface area contributed by atoms with E-state index in [1.54, 1.807) is 30.3 Å². The molecule has 2 N–H and O–H groups in total. The van der Waals surface area contributed by atoms with Gasteiger partial charge in [-0.2, -0.15) is 0 Å². The molecule has 0 bridgehead atoms. The molecular formula is C20H25ClN2O4S. The Bertz CT molecular complexity index is 904. The molecule has 1 heterocycles. The molecule has 0 fully saturated rings. The first-order valence-electron chi connectivity index (χ1n) is 9.08. The Hall–Kier alpha value is -2.09. The number of aliphatic carboxylic acids is 1. The lowest BCUT2D eigenvalue weighted by atomic mass is 9.98. The molecule has 2 aromatic rings. The van der Waals surface area contributed by atoms with Crippen molar-refractivity contribution in [2.75, 3.05) is 17.8 Å². The Kier molecular flexibility index (Phi) is 7.86. The van der Waals surface area contributed by atoms with E-state index in [1.807, 2.05) is 18.2 Å². The molecule has 28 heavy (non-hydrogen) atoms. The van der Waals surface area contributed by atoms with E-state index in [9.17, 15) is 13.2 Å². The van der Waals surface area contributed by atoms with E-state index in [0.29, 0.717) is 12.1 Å². The summed E-state index contributed by atoms with van der Waals surface area (Å²) < 4.78 is 28.0. The van der Waals surface area contributed by atoms with Gasteiger partial charge in [0.05, 0.1) is 10.6 Å². The fourth-order valence-electron chi connectivity index (χ4n) is 3.37. The number of rotatable bonds is 8. The van der Waals surface area contributed by atoms with Gasteiger partial charge in [-0.1, -0.05) is 30.3 Å². The lowest BCUT2D eigenvalue weighted by Gasteiger charge is -2.30. The number of carboxylic acids is 1. The molecule has 0 saturated heterocycles. The summed E-state index contributed by atoms with van der Waals surface area (Å²) in [5, 5.41) is 8.72. The molecule has 0 unspecified atom stereocenters. The molecule has 8 heteroatoms. The van der Waals surface area contributed by atoms with E-state index in [4.69, 9.17) is 5.11 Å². The van der Waals surface area contributed by atoms with Crippen molar-refractivity contribution in [1.82, 2.24) is 4.90 Å². The van der Waals surface area contributed by atoms with E-state index >= 15 is 0 Å². The Balaban J connectivity index is 0.00000280. The van der Waals surface area contributed by atoms with Gasteiger partial charge < -0.3 is 5.11 Å². The van der Waals surface area contributed by atoms with Crippen molar-refractivity contribution in [3.63, 3.8) is 0 Å². The minimum atomic E-state index is -3.61. The molecule has 0 aliphatic carbocycles. The van der Waals surface area contributed by atoms with E-state index in [2.05, 4.69) is 9.62 Å². The van der Waals surface area contributed by atoms with Crippen molar-refractivity contribution in [3.8, 4) is 0 Å². The summed E-state index contributed by atoms with van der Waals surface area (Å²) in [6, 6.07) is 14.1. The highest BCUT2D eigenvalue weighted by molar-refractivity contribution is 7.92. The average molecular weight is 425 g/mol. The molecule has 0 saturated carbocycles. The van der Waals surface area contributed by atoms with Crippen LogP contribution in [0, 0.1) is 0 Å². The normalized spacial score (nSPS) is 14.0. The van der Waals surface area contributed by atoms with Gasteiger partial charge in [-0.3, -0.25) is 14.4 Å². The summed E-state index contributed by atoms with van der Waals surface area (Å²) in [4.78, 5) is 13.1. The number of benzene rings is 2. The first-order chi connectivity index (χ1) is 13.0. The van der Waals surface area contributed by atoms with Gasteiger partial charge in [-0.05, 0) is 55.1 Å². The SMILES string of the molecule is Cl.O=C(O)CCCCN1CCc2c(cccc2NS(=O)(=O)c2ccccc2)C1. The summed E-state index contributed by atoms with van der Waals surface area (Å²) in [7, 11) is -3.61. The quantitative estimate of drug-likeness (QED) is 0.633. The smallest absolute Gasteiger partial charge is 0.303 e. The van der Waals surface area contributed by atoms with Crippen molar-refractivity contribution in [1.29, 1.82) is 0 Å². The van der Waals surface area contributed by atoms with Crippen molar-refractivity contribution >= 4 is 34.1 Å². The minimum absolute atomic E-state index is 0. The number of nitrogens with zero attached hydrogens (tertiary/aromatic N) is 1. The van der Waals surface area contributed by atoms with Crippen LogP contribution in [-0.4, -0.2) is 37.5 Å². The highest BCUT2D eigenvalue weighted by Gasteiger charge is 2.21. The first kappa shape index (κ1) is 22.2. The maximum absolute atomic E-state index is 12.6. The minimum Gasteiger partial charge on any atom is -0.481 e. The van der Waals surface area contributed by atoms with Gasteiger partial charge >= 0.3 is 5.97 Å². The zero-order valence-electron chi connectivity index (χ0n) is 15.5. The second-order valence-electron chi connectivity index (χ2n) is 6.74.